The van der Waals surface area contributed by atoms with Gasteiger partial charge in [0, 0.05) is 5.56 Å². The van der Waals surface area contributed by atoms with Crippen molar-refractivity contribution in [3.05, 3.63) is 34.4 Å². The molecule has 1 aromatic carbocycles. The molecule has 5 heteroatoms. The highest BCUT2D eigenvalue weighted by Gasteiger charge is 2.13. The fourth-order valence-corrected chi connectivity index (χ4v) is 1.62. The van der Waals surface area contributed by atoms with E-state index in [4.69, 9.17) is 15.7 Å². The number of methoxy groups -OCH3 is 1. The van der Waals surface area contributed by atoms with Gasteiger partial charge in [0.2, 0.25) is 0 Å². The number of hydrogen-bond donors (Lipinski definition) is 1. The fourth-order valence-electron chi connectivity index (χ4n) is 1.62. The largest absolute Gasteiger partial charge is 0.496 e. The Balaban J connectivity index is 3.47. The number of hydrogen-bond acceptors (Lipinski definition) is 4. The predicted molar refractivity (Wildman–Crippen MR) is 70.3 cm³/mol. The Labute approximate surface area is 111 Å². The van der Waals surface area contributed by atoms with Gasteiger partial charge in [-0.1, -0.05) is 0 Å². The molecule has 0 bridgehead atoms. The molecule has 0 saturated carbocycles. The lowest BCUT2D eigenvalue weighted by atomic mass is 10.0. The molecule has 0 saturated heterocycles. The van der Waals surface area contributed by atoms with Gasteiger partial charge in [0.25, 0.3) is 5.91 Å². The minimum Gasteiger partial charge on any atom is -0.496 e. The van der Waals surface area contributed by atoms with Crippen LogP contribution in [0.3, 0.4) is 0 Å². The highest BCUT2D eigenvalue weighted by Crippen LogP contribution is 2.25. The van der Waals surface area contributed by atoms with Gasteiger partial charge in [0.1, 0.15) is 5.75 Å². The van der Waals surface area contributed by atoms with Crippen molar-refractivity contribution < 1.29 is 14.3 Å². The molecule has 1 amide bonds. The molecule has 0 fully saturated rings. The summed E-state index contributed by atoms with van der Waals surface area (Å²) in [5.74, 6) is -0.810. The van der Waals surface area contributed by atoms with Crippen molar-refractivity contribution in [2.75, 3.05) is 7.11 Å². The van der Waals surface area contributed by atoms with Crippen LogP contribution >= 0.6 is 0 Å². The van der Waals surface area contributed by atoms with E-state index in [2.05, 4.69) is 0 Å². The van der Waals surface area contributed by atoms with Crippen molar-refractivity contribution in [1.82, 2.24) is 0 Å². The Hall–Kier alpha value is -2.61. The van der Waals surface area contributed by atoms with Crippen LogP contribution in [0.15, 0.2) is 17.7 Å². The molecule has 0 aliphatic carbocycles. The normalized spacial score (nSPS) is 10.7. The molecule has 0 aliphatic rings. The third-order valence-corrected chi connectivity index (χ3v) is 2.64. The number of Topliss-reactive ketones (excluding diaryl/α,β-unsaturated/α-hetero) is 1. The van der Waals surface area contributed by atoms with Gasteiger partial charge in [-0.25, -0.2) is 0 Å². The number of ketones is 1. The maximum absolute atomic E-state index is 11.3. The number of nitrogens with two attached hydrogens (primary N) is 1. The summed E-state index contributed by atoms with van der Waals surface area (Å²) in [4.78, 5) is 22.5. The number of aryl methyl sites for hydroxylation is 1. The highest BCUT2D eigenvalue weighted by molar-refractivity contribution is 6.21. The molecule has 0 heterocycles. The van der Waals surface area contributed by atoms with E-state index in [1.165, 1.54) is 20.1 Å². The lowest BCUT2D eigenvalue weighted by Crippen LogP contribution is -2.18. The van der Waals surface area contributed by atoms with Crippen molar-refractivity contribution >= 4 is 17.8 Å². The Kier molecular flexibility index (Phi) is 4.43. The van der Waals surface area contributed by atoms with Crippen LogP contribution in [0.25, 0.3) is 6.08 Å². The zero-order chi connectivity index (χ0) is 14.6. The zero-order valence-corrected chi connectivity index (χ0v) is 11.0. The molecule has 0 spiro atoms. The first-order valence-corrected chi connectivity index (χ1v) is 5.51. The number of amides is 1. The van der Waals surface area contributed by atoms with Crippen LogP contribution in [0.4, 0.5) is 0 Å². The van der Waals surface area contributed by atoms with E-state index in [-0.39, 0.29) is 5.57 Å². The standard InChI is InChI=1S/C14H14N2O3/c1-8-4-10(5-12(9(2)17)14(16)18)13(19-3)6-11(8)7-15/h4-6H,1-3H3,(H2,16,18)/b12-5+. The monoisotopic (exact) mass is 258 g/mol. The van der Waals surface area contributed by atoms with Crippen LogP contribution in [0.2, 0.25) is 0 Å². The number of carbonyl (C=O) groups excluding carboxylic acids is 2. The van der Waals surface area contributed by atoms with E-state index in [1.807, 2.05) is 6.07 Å². The first-order chi connectivity index (χ1) is 8.90. The number of nitrogens with zero attached hydrogens (tertiary/aromatic N) is 1. The summed E-state index contributed by atoms with van der Waals surface area (Å²) in [5, 5.41) is 8.94. The average Bonchev–Trinajstić information content (AvgIpc) is 2.35. The van der Waals surface area contributed by atoms with Crippen molar-refractivity contribution in [3.63, 3.8) is 0 Å². The lowest BCUT2D eigenvalue weighted by Gasteiger charge is -2.08. The van der Waals surface area contributed by atoms with Gasteiger partial charge in [0.15, 0.2) is 5.78 Å². The highest BCUT2D eigenvalue weighted by atomic mass is 16.5. The van der Waals surface area contributed by atoms with Crippen molar-refractivity contribution in [1.29, 1.82) is 5.26 Å². The van der Waals surface area contributed by atoms with E-state index in [0.29, 0.717) is 16.9 Å². The molecule has 0 atom stereocenters. The molecule has 0 unspecified atom stereocenters. The van der Waals surface area contributed by atoms with Crippen LogP contribution in [-0.2, 0) is 9.59 Å². The number of rotatable bonds is 4. The molecule has 1 aromatic rings. The second kappa shape index (κ2) is 5.83. The van der Waals surface area contributed by atoms with E-state index in [1.54, 1.807) is 19.1 Å². The summed E-state index contributed by atoms with van der Waals surface area (Å²) in [7, 11) is 1.45. The first-order valence-electron chi connectivity index (χ1n) is 5.51. The second-order valence-electron chi connectivity index (χ2n) is 4.00. The van der Waals surface area contributed by atoms with Crippen molar-refractivity contribution in [2.24, 2.45) is 5.73 Å². The van der Waals surface area contributed by atoms with Crippen LogP contribution < -0.4 is 10.5 Å². The molecule has 0 aromatic heterocycles. The zero-order valence-electron chi connectivity index (χ0n) is 11.0. The lowest BCUT2D eigenvalue weighted by molar-refractivity contribution is -0.119. The summed E-state index contributed by atoms with van der Waals surface area (Å²) in [6.45, 7) is 3.02. The first kappa shape index (κ1) is 14.5. The Morgan fingerprint density at radius 2 is 2.05 bits per heavy atom. The topological polar surface area (TPSA) is 93.2 Å². The van der Waals surface area contributed by atoms with Gasteiger partial charge in [-0.2, -0.15) is 5.26 Å². The number of benzene rings is 1. The Morgan fingerprint density at radius 3 is 2.47 bits per heavy atom. The Bertz CT molecular complexity index is 594. The molecule has 0 radical (unpaired) electrons. The summed E-state index contributed by atoms with van der Waals surface area (Å²) < 4.78 is 5.14. The van der Waals surface area contributed by atoms with Gasteiger partial charge in [-0.05, 0) is 37.6 Å². The molecule has 19 heavy (non-hydrogen) atoms. The van der Waals surface area contributed by atoms with Crippen molar-refractivity contribution in [2.45, 2.75) is 13.8 Å². The summed E-state index contributed by atoms with van der Waals surface area (Å²) >= 11 is 0. The van der Waals surface area contributed by atoms with Gasteiger partial charge in [0.05, 0.1) is 24.3 Å². The van der Waals surface area contributed by atoms with Crippen LogP contribution in [0, 0.1) is 18.3 Å². The van der Waals surface area contributed by atoms with Crippen LogP contribution in [0.5, 0.6) is 5.75 Å². The molecule has 2 N–H and O–H groups in total. The number of carbonyl (C=O) groups is 2. The van der Waals surface area contributed by atoms with Crippen molar-refractivity contribution in [3.8, 4) is 11.8 Å². The SMILES string of the molecule is COc1cc(C#N)c(C)cc1/C=C(\C(C)=O)C(N)=O. The van der Waals surface area contributed by atoms with E-state index in [9.17, 15) is 9.59 Å². The quantitative estimate of drug-likeness (QED) is 0.501. The second-order valence-corrected chi connectivity index (χ2v) is 4.00. The van der Waals surface area contributed by atoms with Crippen LogP contribution in [-0.4, -0.2) is 18.8 Å². The minimum absolute atomic E-state index is 0.109. The molecule has 98 valence electrons. The van der Waals surface area contributed by atoms with E-state index < -0.39 is 11.7 Å². The predicted octanol–water partition coefficient (Wildman–Crippen LogP) is 1.33. The summed E-state index contributed by atoms with van der Waals surface area (Å²) in [6.07, 6.45) is 1.37. The third kappa shape index (κ3) is 3.19. The van der Waals surface area contributed by atoms with Crippen LogP contribution in [0.1, 0.15) is 23.6 Å². The van der Waals surface area contributed by atoms with Gasteiger partial charge in [-0.15, -0.1) is 0 Å². The summed E-state index contributed by atoms with van der Waals surface area (Å²) in [6, 6.07) is 5.26. The average molecular weight is 258 g/mol. The fraction of sp³-hybridized carbons (Fsp3) is 0.214. The third-order valence-electron chi connectivity index (χ3n) is 2.64. The smallest absolute Gasteiger partial charge is 0.252 e. The molecule has 1 rings (SSSR count). The van der Waals surface area contributed by atoms with E-state index >= 15 is 0 Å². The van der Waals surface area contributed by atoms with Gasteiger partial charge in [-0.3, -0.25) is 9.59 Å². The van der Waals surface area contributed by atoms with E-state index in [0.717, 1.165) is 5.56 Å². The van der Waals surface area contributed by atoms with Gasteiger partial charge >= 0.3 is 0 Å². The Morgan fingerprint density at radius 1 is 1.42 bits per heavy atom. The molecule has 5 nitrogen and oxygen atoms in total. The molecular weight excluding hydrogens is 244 g/mol. The number of ether oxygens (including phenoxy) is 1. The van der Waals surface area contributed by atoms with Gasteiger partial charge < -0.3 is 10.5 Å². The number of nitriles is 1. The maximum Gasteiger partial charge on any atom is 0.252 e. The molecule has 0 aliphatic heterocycles. The minimum atomic E-state index is -0.795. The number of primary amides is 1. The summed E-state index contributed by atoms with van der Waals surface area (Å²) in [5.41, 5.74) is 6.77. The molecular formula is C14H14N2O3. The maximum atomic E-state index is 11.3.